The van der Waals surface area contributed by atoms with E-state index < -0.39 is 15.9 Å². The molecule has 0 amide bonds. The van der Waals surface area contributed by atoms with Gasteiger partial charge in [-0.15, -0.1) is 0 Å². The van der Waals surface area contributed by atoms with Gasteiger partial charge >= 0.3 is 10.1 Å². The molecule has 0 saturated heterocycles. The maximum atomic E-state index is 12.5. The summed E-state index contributed by atoms with van der Waals surface area (Å²) in [5, 5.41) is 4.01. The quantitative estimate of drug-likeness (QED) is 0.461. The molecule has 2 rings (SSSR count). The minimum Gasteiger partial charge on any atom is -0.361 e. The van der Waals surface area contributed by atoms with Gasteiger partial charge in [0.25, 0.3) is 0 Å². The van der Waals surface area contributed by atoms with E-state index >= 15 is 0 Å². The molecule has 0 aliphatic rings. The molecular weight excluding hydrogens is 375 g/mol. The lowest BCUT2D eigenvalue weighted by atomic mass is 10.1. The molecule has 0 atom stereocenters. The fraction of sp³-hybridized carbons (Fsp3) is 0.167. The summed E-state index contributed by atoms with van der Waals surface area (Å²) in [6.07, 6.45) is 2.04. The van der Waals surface area contributed by atoms with Crippen molar-refractivity contribution in [1.29, 1.82) is 0 Å². The van der Waals surface area contributed by atoms with Gasteiger partial charge in [-0.2, -0.15) is 13.5 Å². The molecule has 6 nitrogen and oxygen atoms in total. The maximum Gasteiger partial charge on any atom is 0.307 e. The van der Waals surface area contributed by atoms with E-state index in [9.17, 15) is 13.2 Å². The summed E-state index contributed by atoms with van der Waals surface area (Å²) in [7, 11) is -2.39. The van der Waals surface area contributed by atoms with Crippen molar-refractivity contribution in [3.63, 3.8) is 0 Å². The normalized spacial score (nSPS) is 11.5. The van der Waals surface area contributed by atoms with Crippen molar-refractivity contribution in [2.75, 3.05) is 6.26 Å². The molecule has 0 aliphatic carbocycles. The van der Waals surface area contributed by atoms with E-state index in [-0.39, 0.29) is 32.1 Å². The van der Waals surface area contributed by atoms with Gasteiger partial charge in [0.05, 0.1) is 27.5 Å². The van der Waals surface area contributed by atoms with E-state index in [0.717, 1.165) is 10.9 Å². The molecule has 0 saturated carbocycles. The van der Waals surface area contributed by atoms with Gasteiger partial charge in [0.1, 0.15) is 5.56 Å². The third-order valence-corrected chi connectivity index (χ3v) is 4.39. The zero-order chi connectivity index (χ0) is 16.7. The van der Waals surface area contributed by atoms with Crippen molar-refractivity contribution in [3.8, 4) is 5.88 Å². The average molecular weight is 384 g/mol. The van der Waals surface area contributed by atoms with Crippen LogP contribution in [0, 0.1) is 0 Å². The van der Waals surface area contributed by atoms with Crippen molar-refractivity contribution < 1.29 is 17.4 Å². The number of carbonyl (C=O) groups is 1. The second kappa shape index (κ2) is 6.08. The molecule has 0 spiro atoms. The first kappa shape index (κ1) is 17.1. The standard InChI is InChI=1S/C12H9Cl3N2O4S/c1-17-12(21-22(2,19)20)7(5-16-17)11(18)6-3-4-8(13)10(15)9(6)14/h3-5H,1-2H3. The number of ketones is 1. The van der Waals surface area contributed by atoms with E-state index in [1.165, 1.54) is 25.4 Å². The van der Waals surface area contributed by atoms with Crippen LogP contribution in [0.3, 0.4) is 0 Å². The zero-order valence-corrected chi connectivity index (χ0v) is 14.4. The Morgan fingerprint density at radius 1 is 1.18 bits per heavy atom. The Morgan fingerprint density at radius 3 is 2.41 bits per heavy atom. The van der Waals surface area contributed by atoms with Crippen LogP contribution in [0.4, 0.5) is 0 Å². The van der Waals surface area contributed by atoms with Crippen LogP contribution in [-0.2, 0) is 17.2 Å². The minimum atomic E-state index is -3.83. The van der Waals surface area contributed by atoms with Crippen LogP contribution >= 0.6 is 34.8 Å². The SMILES string of the molecule is Cn1ncc(C(=O)c2ccc(Cl)c(Cl)c2Cl)c1OS(C)(=O)=O. The van der Waals surface area contributed by atoms with Crippen LogP contribution < -0.4 is 4.18 Å². The number of rotatable bonds is 4. The smallest absolute Gasteiger partial charge is 0.307 e. The zero-order valence-electron chi connectivity index (χ0n) is 11.3. The van der Waals surface area contributed by atoms with Gasteiger partial charge in [0, 0.05) is 12.6 Å². The highest BCUT2D eigenvalue weighted by Crippen LogP contribution is 2.34. The summed E-state index contributed by atoms with van der Waals surface area (Å²) < 4.78 is 28.5. The first-order valence-electron chi connectivity index (χ1n) is 5.71. The fourth-order valence-corrected chi connectivity index (χ4v) is 2.78. The molecule has 1 aromatic carbocycles. The third-order valence-electron chi connectivity index (χ3n) is 2.64. The number of carbonyl (C=O) groups excluding carboxylic acids is 1. The molecule has 0 radical (unpaired) electrons. The number of hydrogen-bond donors (Lipinski definition) is 0. The van der Waals surface area contributed by atoms with Crippen molar-refractivity contribution in [2.45, 2.75) is 0 Å². The van der Waals surface area contributed by atoms with Crippen LogP contribution in [-0.4, -0.2) is 30.2 Å². The van der Waals surface area contributed by atoms with Gasteiger partial charge in [-0.25, -0.2) is 4.68 Å². The molecule has 0 fully saturated rings. The molecule has 10 heteroatoms. The Bertz CT molecular complexity index is 861. The molecule has 0 N–H and O–H groups in total. The van der Waals surface area contributed by atoms with Crippen LogP contribution in [0.15, 0.2) is 18.3 Å². The molecule has 118 valence electrons. The van der Waals surface area contributed by atoms with Gasteiger partial charge in [0.15, 0.2) is 0 Å². The third kappa shape index (κ3) is 3.38. The van der Waals surface area contributed by atoms with Crippen LogP contribution in [0.25, 0.3) is 0 Å². The lowest BCUT2D eigenvalue weighted by molar-refractivity contribution is 0.103. The Labute approximate surface area is 141 Å². The largest absolute Gasteiger partial charge is 0.361 e. The number of benzene rings is 1. The second-order valence-electron chi connectivity index (χ2n) is 4.33. The van der Waals surface area contributed by atoms with E-state index in [2.05, 4.69) is 5.10 Å². The monoisotopic (exact) mass is 382 g/mol. The topological polar surface area (TPSA) is 78.3 Å². The average Bonchev–Trinajstić information content (AvgIpc) is 2.75. The molecule has 1 heterocycles. The molecule has 0 unspecified atom stereocenters. The summed E-state index contributed by atoms with van der Waals surface area (Å²) in [5.74, 6) is -0.801. The Morgan fingerprint density at radius 2 is 1.82 bits per heavy atom. The number of aromatic nitrogens is 2. The molecule has 0 aliphatic heterocycles. The molecule has 1 aromatic heterocycles. The lowest BCUT2D eigenvalue weighted by Gasteiger charge is -2.08. The Balaban J connectivity index is 2.54. The number of hydrogen-bond acceptors (Lipinski definition) is 5. The van der Waals surface area contributed by atoms with Gasteiger partial charge in [0.2, 0.25) is 11.7 Å². The minimum absolute atomic E-state index is 0.0312. The molecular formula is C12H9Cl3N2O4S. The van der Waals surface area contributed by atoms with E-state index in [1.54, 1.807) is 0 Å². The van der Waals surface area contributed by atoms with Gasteiger partial charge < -0.3 is 4.18 Å². The summed E-state index contributed by atoms with van der Waals surface area (Å²) >= 11 is 17.7. The van der Waals surface area contributed by atoms with Crippen molar-refractivity contribution in [1.82, 2.24) is 9.78 Å². The molecule has 2 aromatic rings. The van der Waals surface area contributed by atoms with Gasteiger partial charge in [-0.1, -0.05) is 34.8 Å². The van der Waals surface area contributed by atoms with Crippen LogP contribution in [0.2, 0.25) is 15.1 Å². The van der Waals surface area contributed by atoms with Crippen LogP contribution in [0.1, 0.15) is 15.9 Å². The maximum absolute atomic E-state index is 12.5. The highest BCUT2D eigenvalue weighted by atomic mass is 35.5. The number of aryl methyl sites for hydroxylation is 1. The highest BCUT2D eigenvalue weighted by Gasteiger charge is 2.24. The van der Waals surface area contributed by atoms with E-state index in [4.69, 9.17) is 39.0 Å². The van der Waals surface area contributed by atoms with Crippen LogP contribution in [0.5, 0.6) is 5.88 Å². The number of nitrogens with zero attached hydrogens (tertiary/aromatic N) is 2. The first-order valence-corrected chi connectivity index (χ1v) is 8.66. The van der Waals surface area contributed by atoms with Gasteiger partial charge in [-0.05, 0) is 12.1 Å². The highest BCUT2D eigenvalue weighted by molar-refractivity contribution is 7.86. The van der Waals surface area contributed by atoms with Crippen molar-refractivity contribution in [3.05, 3.63) is 44.5 Å². The molecule has 22 heavy (non-hydrogen) atoms. The van der Waals surface area contributed by atoms with Crippen molar-refractivity contribution in [2.24, 2.45) is 7.05 Å². The number of halogens is 3. The first-order chi connectivity index (χ1) is 10.1. The van der Waals surface area contributed by atoms with E-state index in [1.807, 2.05) is 0 Å². The summed E-state index contributed by atoms with van der Waals surface area (Å²) in [4.78, 5) is 12.5. The Kier molecular flexibility index (Phi) is 4.72. The predicted molar refractivity (Wildman–Crippen MR) is 83.6 cm³/mol. The molecule has 0 bridgehead atoms. The summed E-state index contributed by atoms with van der Waals surface area (Å²) in [6, 6.07) is 2.80. The second-order valence-corrected chi connectivity index (χ2v) is 7.06. The summed E-state index contributed by atoms with van der Waals surface area (Å²) in [6.45, 7) is 0. The fourth-order valence-electron chi connectivity index (χ4n) is 1.67. The van der Waals surface area contributed by atoms with Crippen molar-refractivity contribution >= 4 is 50.7 Å². The Hall–Kier alpha value is -1.28. The van der Waals surface area contributed by atoms with E-state index in [0.29, 0.717) is 0 Å². The lowest BCUT2D eigenvalue weighted by Crippen LogP contribution is -2.12. The predicted octanol–water partition coefficient (Wildman–Crippen LogP) is 2.95. The summed E-state index contributed by atoms with van der Waals surface area (Å²) in [5.41, 5.74) is -0.00404. The van der Waals surface area contributed by atoms with Gasteiger partial charge in [-0.3, -0.25) is 4.79 Å².